The van der Waals surface area contributed by atoms with Crippen LogP contribution in [-0.4, -0.2) is 22.9 Å². The summed E-state index contributed by atoms with van der Waals surface area (Å²) in [4.78, 5) is 17.9. The van der Waals surface area contributed by atoms with Gasteiger partial charge in [0.15, 0.2) is 0 Å². The van der Waals surface area contributed by atoms with Crippen molar-refractivity contribution in [3.05, 3.63) is 0 Å². The summed E-state index contributed by atoms with van der Waals surface area (Å²) >= 11 is 0. The molecule has 10 heavy (non-hydrogen) atoms. The predicted molar refractivity (Wildman–Crippen MR) is 20.6 cm³/mol. The first kappa shape index (κ1) is 33.8. The van der Waals surface area contributed by atoms with Crippen molar-refractivity contribution in [3.8, 4) is 0 Å². The van der Waals surface area contributed by atoms with E-state index < -0.39 is 11.9 Å². The van der Waals surface area contributed by atoms with E-state index in [1.165, 1.54) is 0 Å². The van der Waals surface area contributed by atoms with Gasteiger partial charge in [0.05, 0.1) is 11.9 Å². The molecule has 1 radical (unpaired) electrons. The molecule has 0 heterocycles. The topological polar surface area (TPSA) is 177 Å². The van der Waals surface area contributed by atoms with Crippen molar-refractivity contribution in [2.24, 2.45) is 0 Å². The number of carbonyl (C=O) groups is 2. The molecule has 0 aromatic rings. The van der Waals surface area contributed by atoms with E-state index in [-0.39, 0.29) is 38.8 Å². The van der Waals surface area contributed by atoms with Gasteiger partial charge in [-0.15, -0.1) is 0 Å². The molecule has 0 unspecified atom stereocenters. The first-order valence-electron chi connectivity index (χ1n) is 1.07. The molecule has 0 rings (SSSR count). The van der Waals surface area contributed by atoms with Gasteiger partial charge in [0.1, 0.15) is 0 Å². The molecule has 0 fully saturated rings. The standard InChI is InChI=1S/C2H2O4.H3N.2H2O.Ti/c3-1(4)2(5)6;;;;/h(H,3,4)(H,5,6);1H3;2*1H2;/q;;;;+3/p-3. The Kier molecular flexibility index (Phi) is 53.4. The summed E-state index contributed by atoms with van der Waals surface area (Å²) in [5.41, 5.74) is 0. The zero-order chi connectivity index (χ0) is 5.15. The maximum atomic E-state index is 8.93. The Morgan fingerprint density at radius 1 is 1.00 bits per heavy atom. The maximum absolute atomic E-state index is 8.93. The van der Waals surface area contributed by atoms with Crippen molar-refractivity contribution >= 4 is 11.9 Å². The molecule has 0 aromatic heterocycles. The molecule has 0 saturated heterocycles. The Morgan fingerprint density at radius 2 is 1.10 bits per heavy atom. The summed E-state index contributed by atoms with van der Waals surface area (Å²) in [6, 6.07) is 0. The van der Waals surface area contributed by atoms with E-state index in [2.05, 4.69) is 0 Å². The minimum absolute atomic E-state index is 0. The normalized spacial score (nSPS) is 4.40. The maximum Gasteiger partial charge on any atom is 3.00 e. The van der Waals surface area contributed by atoms with Gasteiger partial charge in [-0.25, -0.2) is 0 Å². The Bertz CT molecular complexity index is 81.7. The minimum atomic E-state index is -2.19. The Morgan fingerprint density at radius 3 is 1.10 bits per heavy atom. The second kappa shape index (κ2) is 15.8. The summed E-state index contributed by atoms with van der Waals surface area (Å²) in [6.45, 7) is 0. The number of rotatable bonds is 0. The molecule has 0 bridgehead atoms. The van der Waals surface area contributed by atoms with Crippen molar-refractivity contribution < 1.29 is 52.5 Å². The van der Waals surface area contributed by atoms with E-state index in [0.717, 1.165) is 0 Å². The van der Waals surface area contributed by atoms with Crippen LogP contribution in [0.1, 0.15) is 0 Å². The first-order valence-corrected chi connectivity index (χ1v) is 1.07. The number of carboxylic acids is 2. The summed E-state index contributed by atoms with van der Waals surface area (Å²) in [5, 5.41) is 17.9. The minimum Gasteiger partial charge on any atom is -0.870 e. The second-order valence-electron chi connectivity index (χ2n) is 0.575. The average Bonchev–Trinajstić information content (AvgIpc) is 1.36. The number of carboxylic acid groups (broad SMARTS) is 2. The van der Waals surface area contributed by atoms with Gasteiger partial charge < -0.3 is 36.9 Å². The molecule has 7 nitrogen and oxygen atoms in total. The van der Waals surface area contributed by atoms with Gasteiger partial charge in [0.2, 0.25) is 0 Å². The zero-order valence-corrected chi connectivity index (χ0v) is 6.35. The third-order valence-corrected chi connectivity index (χ3v) is 0.167. The molecule has 0 aromatic carbocycles. The fourth-order valence-corrected chi connectivity index (χ4v) is 0. The smallest absolute Gasteiger partial charge is 0.870 e. The van der Waals surface area contributed by atoms with Crippen molar-refractivity contribution in [3.63, 3.8) is 0 Å². The summed E-state index contributed by atoms with van der Waals surface area (Å²) in [5.74, 6) is -4.37. The molecule has 0 saturated carbocycles. The average molecular weight is 188 g/mol. The second-order valence-corrected chi connectivity index (χ2v) is 0.575. The van der Waals surface area contributed by atoms with Crippen LogP contribution in [0.4, 0.5) is 0 Å². The molecule has 6 N–H and O–H groups in total. The van der Waals surface area contributed by atoms with Crippen molar-refractivity contribution in [2.75, 3.05) is 0 Å². The number of hydrogen-bond acceptors (Lipinski definition) is 6. The SMILES string of the molecule is N.O.O=C([O-])C(=O)[O-].[OH-].[Ti+3]. The van der Waals surface area contributed by atoms with Crippen LogP contribution >= 0.6 is 0 Å². The molecule has 0 aliphatic heterocycles. The van der Waals surface area contributed by atoms with Crippen LogP contribution in [0.25, 0.3) is 0 Å². The zero-order valence-electron chi connectivity index (χ0n) is 4.79. The first-order chi connectivity index (χ1) is 2.64. The van der Waals surface area contributed by atoms with Crippen LogP contribution < -0.4 is 16.4 Å². The predicted octanol–water partition coefficient (Wildman–Crippen LogP) is -4.36. The molecular weight excluding hydrogens is 182 g/mol. The van der Waals surface area contributed by atoms with E-state index >= 15 is 0 Å². The van der Waals surface area contributed by atoms with Crippen LogP contribution in [0.5, 0.6) is 0 Å². The fraction of sp³-hybridized carbons (Fsp3) is 0. The fourth-order valence-electron chi connectivity index (χ4n) is 0. The van der Waals surface area contributed by atoms with Crippen LogP contribution in [0.15, 0.2) is 0 Å². The van der Waals surface area contributed by atoms with Crippen molar-refractivity contribution in [2.45, 2.75) is 0 Å². The van der Waals surface area contributed by atoms with Gasteiger partial charge in [-0.1, -0.05) is 0 Å². The van der Waals surface area contributed by atoms with Gasteiger partial charge >= 0.3 is 21.7 Å². The molecule has 8 heteroatoms. The van der Waals surface area contributed by atoms with Crippen molar-refractivity contribution in [1.82, 2.24) is 6.15 Å². The largest absolute Gasteiger partial charge is 3.00 e. The summed E-state index contributed by atoms with van der Waals surface area (Å²) < 4.78 is 0. The molecule has 0 aliphatic carbocycles. The molecular formula is C2H6NO6Ti. The molecule has 0 atom stereocenters. The van der Waals surface area contributed by atoms with E-state index in [4.69, 9.17) is 19.8 Å². The van der Waals surface area contributed by atoms with E-state index in [9.17, 15) is 0 Å². The number of hydrogen-bond donors (Lipinski definition) is 1. The van der Waals surface area contributed by atoms with Gasteiger partial charge in [-0.2, -0.15) is 0 Å². The quantitative estimate of drug-likeness (QED) is 0.296. The molecule has 59 valence electrons. The Hall–Kier alpha value is -0.466. The van der Waals surface area contributed by atoms with Crippen LogP contribution in [0, 0.1) is 0 Å². The third-order valence-electron chi connectivity index (χ3n) is 0.167. The molecule has 0 amide bonds. The van der Waals surface area contributed by atoms with E-state index in [1.54, 1.807) is 0 Å². The number of carbonyl (C=O) groups excluding carboxylic acids is 2. The van der Waals surface area contributed by atoms with Gasteiger partial charge in [-0.3, -0.25) is 0 Å². The number of aliphatic carboxylic acids is 2. The third kappa shape index (κ3) is 25.8. The van der Waals surface area contributed by atoms with Gasteiger partial charge in [0.25, 0.3) is 0 Å². The van der Waals surface area contributed by atoms with Crippen LogP contribution in [-0.2, 0) is 31.3 Å². The molecule has 0 aliphatic rings. The van der Waals surface area contributed by atoms with Crippen LogP contribution in [0.3, 0.4) is 0 Å². The monoisotopic (exact) mass is 188 g/mol. The van der Waals surface area contributed by atoms with E-state index in [0.29, 0.717) is 0 Å². The Labute approximate surface area is 71.1 Å². The molecule has 0 spiro atoms. The summed E-state index contributed by atoms with van der Waals surface area (Å²) in [7, 11) is 0. The van der Waals surface area contributed by atoms with Gasteiger partial charge in [0, 0.05) is 0 Å². The van der Waals surface area contributed by atoms with Gasteiger partial charge in [-0.05, 0) is 0 Å². The Balaban J connectivity index is -0.0000000208. The van der Waals surface area contributed by atoms with Crippen molar-refractivity contribution in [1.29, 1.82) is 0 Å². The van der Waals surface area contributed by atoms with Crippen LogP contribution in [0.2, 0.25) is 0 Å². The van der Waals surface area contributed by atoms with E-state index in [1.807, 2.05) is 0 Å². The summed E-state index contributed by atoms with van der Waals surface area (Å²) in [6.07, 6.45) is 0.